The number of phenolic OH excluding ortho intramolecular Hbond substituents is 2. The lowest BCUT2D eigenvalue weighted by atomic mass is 10.1. The lowest BCUT2D eigenvalue weighted by molar-refractivity contribution is 0.0652. The molecule has 1 aromatic rings. The van der Waals surface area contributed by atoms with Crippen molar-refractivity contribution in [2.75, 3.05) is 19.6 Å². The molecule has 1 unspecified atom stereocenters. The Morgan fingerprint density at radius 1 is 1.47 bits per heavy atom. The molecule has 0 bridgehead atoms. The summed E-state index contributed by atoms with van der Waals surface area (Å²) in [6, 6.07) is 4.51. The zero-order valence-corrected chi connectivity index (χ0v) is 9.68. The zero-order chi connectivity index (χ0) is 12.4. The zero-order valence-electron chi connectivity index (χ0n) is 9.68. The van der Waals surface area contributed by atoms with E-state index in [2.05, 4.69) is 5.32 Å². The number of carbonyl (C=O) groups excluding carboxylic acids is 1. The van der Waals surface area contributed by atoms with Gasteiger partial charge in [-0.2, -0.15) is 0 Å². The number of aromatic hydroxyl groups is 2. The maximum atomic E-state index is 12.2. The summed E-state index contributed by atoms with van der Waals surface area (Å²) in [5, 5.41) is 22.2. The summed E-state index contributed by atoms with van der Waals surface area (Å²) in [4.78, 5) is 13.9. The molecule has 1 amide bonds. The molecule has 1 heterocycles. The van der Waals surface area contributed by atoms with Crippen molar-refractivity contribution in [1.29, 1.82) is 0 Å². The average Bonchev–Trinajstić information content (AvgIpc) is 2.32. The Hall–Kier alpha value is -1.75. The summed E-state index contributed by atoms with van der Waals surface area (Å²) >= 11 is 0. The lowest BCUT2D eigenvalue weighted by Gasteiger charge is -2.34. The van der Waals surface area contributed by atoms with Gasteiger partial charge in [-0.25, -0.2) is 0 Å². The number of piperazine rings is 1. The fraction of sp³-hybridized carbons (Fsp3) is 0.417. The largest absolute Gasteiger partial charge is 0.504 e. The molecule has 17 heavy (non-hydrogen) atoms. The van der Waals surface area contributed by atoms with Crippen molar-refractivity contribution in [2.45, 2.75) is 13.0 Å². The number of hydrogen-bond donors (Lipinski definition) is 3. The van der Waals surface area contributed by atoms with Gasteiger partial charge < -0.3 is 20.4 Å². The molecular weight excluding hydrogens is 220 g/mol. The molecule has 0 aliphatic carbocycles. The van der Waals surface area contributed by atoms with E-state index in [1.165, 1.54) is 12.1 Å². The first kappa shape index (κ1) is 11.7. The number of nitrogens with zero attached hydrogens (tertiary/aromatic N) is 1. The monoisotopic (exact) mass is 236 g/mol. The van der Waals surface area contributed by atoms with Crippen LogP contribution in [0.3, 0.4) is 0 Å². The molecule has 0 spiro atoms. The van der Waals surface area contributed by atoms with Gasteiger partial charge in [0, 0.05) is 25.7 Å². The van der Waals surface area contributed by atoms with E-state index in [1.54, 1.807) is 11.0 Å². The third-order valence-electron chi connectivity index (χ3n) is 3.01. The highest BCUT2D eigenvalue weighted by Crippen LogP contribution is 2.29. The Kier molecular flexibility index (Phi) is 3.19. The fourth-order valence-electron chi connectivity index (χ4n) is 2.00. The molecule has 1 saturated heterocycles. The number of para-hydroxylation sites is 1. The number of hydrogen-bond acceptors (Lipinski definition) is 4. The Balaban J connectivity index is 2.27. The van der Waals surface area contributed by atoms with E-state index in [0.29, 0.717) is 6.54 Å². The molecule has 0 aromatic heterocycles. The summed E-state index contributed by atoms with van der Waals surface area (Å²) in [6.07, 6.45) is 0. The second-order valence-electron chi connectivity index (χ2n) is 4.22. The van der Waals surface area contributed by atoms with Crippen LogP contribution in [0.2, 0.25) is 0 Å². The van der Waals surface area contributed by atoms with Gasteiger partial charge in [0.15, 0.2) is 11.5 Å². The van der Waals surface area contributed by atoms with E-state index >= 15 is 0 Å². The van der Waals surface area contributed by atoms with E-state index in [4.69, 9.17) is 0 Å². The second kappa shape index (κ2) is 4.63. The normalized spacial score (nSPS) is 20.3. The van der Waals surface area contributed by atoms with E-state index in [9.17, 15) is 15.0 Å². The van der Waals surface area contributed by atoms with Crippen molar-refractivity contribution < 1.29 is 15.0 Å². The van der Waals surface area contributed by atoms with Crippen LogP contribution < -0.4 is 5.32 Å². The van der Waals surface area contributed by atoms with Gasteiger partial charge in [-0.05, 0) is 19.1 Å². The fourth-order valence-corrected chi connectivity index (χ4v) is 2.00. The highest BCUT2D eigenvalue weighted by atomic mass is 16.3. The van der Waals surface area contributed by atoms with E-state index in [0.717, 1.165) is 13.1 Å². The lowest BCUT2D eigenvalue weighted by Crippen LogP contribution is -2.52. The van der Waals surface area contributed by atoms with Crippen molar-refractivity contribution >= 4 is 5.91 Å². The van der Waals surface area contributed by atoms with Gasteiger partial charge >= 0.3 is 0 Å². The van der Waals surface area contributed by atoms with Crippen LogP contribution in [-0.4, -0.2) is 46.7 Å². The SMILES string of the molecule is CC1CNCCN1C(=O)c1cccc(O)c1O. The van der Waals surface area contributed by atoms with Gasteiger partial charge in [-0.3, -0.25) is 4.79 Å². The van der Waals surface area contributed by atoms with E-state index < -0.39 is 0 Å². The number of amides is 1. The molecule has 1 atom stereocenters. The highest BCUT2D eigenvalue weighted by molar-refractivity contribution is 5.97. The van der Waals surface area contributed by atoms with Gasteiger partial charge in [0.05, 0.1) is 5.56 Å². The molecule has 1 aliphatic rings. The third-order valence-corrected chi connectivity index (χ3v) is 3.01. The molecule has 92 valence electrons. The molecule has 1 fully saturated rings. The van der Waals surface area contributed by atoms with Gasteiger partial charge in [-0.1, -0.05) is 6.07 Å². The summed E-state index contributed by atoms with van der Waals surface area (Å²) in [6.45, 7) is 4.04. The smallest absolute Gasteiger partial charge is 0.258 e. The van der Waals surface area contributed by atoms with Gasteiger partial charge in [0.25, 0.3) is 5.91 Å². The molecule has 0 radical (unpaired) electrons. The maximum absolute atomic E-state index is 12.2. The van der Waals surface area contributed by atoms with Gasteiger partial charge in [-0.15, -0.1) is 0 Å². The van der Waals surface area contributed by atoms with Gasteiger partial charge in [0.2, 0.25) is 0 Å². The van der Waals surface area contributed by atoms with Crippen LogP contribution >= 0.6 is 0 Å². The van der Waals surface area contributed by atoms with Crippen molar-refractivity contribution in [3.05, 3.63) is 23.8 Å². The summed E-state index contributed by atoms with van der Waals surface area (Å²) in [5.41, 5.74) is 0.152. The highest BCUT2D eigenvalue weighted by Gasteiger charge is 2.26. The Morgan fingerprint density at radius 2 is 2.24 bits per heavy atom. The van der Waals surface area contributed by atoms with E-state index in [1.807, 2.05) is 6.92 Å². The first-order valence-corrected chi connectivity index (χ1v) is 5.64. The minimum absolute atomic E-state index is 0.0815. The molecule has 5 heteroatoms. The van der Waals surface area contributed by atoms with E-state index in [-0.39, 0.29) is 29.0 Å². The molecule has 1 aromatic carbocycles. The molecular formula is C12H16N2O3. The van der Waals surface area contributed by atoms with Crippen molar-refractivity contribution in [1.82, 2.24) is 10.2 Å². The second-order valence-corrected chi connectivity index (χ2v) is 4.22. The Morgan fingerprint density at radius 3 is 2.94 bits per heavy atom. The summed E-state index contributed by atoms with van der Waals surface area (Å²) in [7, 11) is 0. The topological polar surface area (TPSA) is 72.8 Å². The quantitative estimate of drug-likeness (QED) is 0.622. The predicted octanol–water partition coefficient (Wildman–Crippen LogP) is 0.532. The first-order valence-electron chi connectivity index (χ1n) is 5.64. The number of phenols is 2. The minimum Gasteiger partial charge on any atom is -0.504 e. The standard InChI is InChI=1S/C12H16N2O3/c1-8-7-13-5-6-14(8)12(17)9-3-2-4-10(15)11(9)16/h2-4,8,13,15-16H,5-7H2,1H3. The Labute approximate surface area is 99.7 Å². The first-order chi connectivity index (χ1) is 8.11. The van der Waals surface area contributed by atoms with Crippen LogP contribution in [0.15, 0.2) is 18.2 Å². The molecule has 1 aliphatic heterocycles. The van der Waals surface area contributed by atoms with Crippen LogP contribution in [0.1, 0.15) is 17.3 Å². The van der Waals surface area contributed by atoms with Crippen LogP contribution in [0.25, 0.3) is 0 Å². The van der Waals surface area contributed by atoms with Crippen LogP contribution in [0.5, 0.6) is 11.5 Å². The maximum Gasteiger partial charge on any atom is 0.258 e. The molecule has 5 nitrogen and oxygen atoms in total. The number of nitrogens with one attached hydrogen (secondary N) is 1. The predicted molar refractivity (Wildman–Crippen MR) is 63.1 cm³/mol. The number of benzene rings is 1. The van der Waals surface area contributed by atoms with Gasteiger partial charge in [0.1, 0.15) is 0 Å². The summed E-state index contributed by atoms with van der Waals surface area (Å²) in [5.74, 6) is -0.853. The minimum atomic E-state index is -0.344. The Bertz CT molecular complexity index is 434. The van der Waals surface area contributed by atoms with Crippen molar-refractivity contribution in [3.8, 4) is 11.5 Å². The number of carbonyl (C=O) groups is 1. The van der Waals surface area contributed by atoms with Crippen LogP contribution in [0, 0.1) is 0 Å². The van der Waals surface area contributed by atoms with Crippen LogP contribution in [0.4, 0.5) is 0 Å². The van der Waals surface area contributed by atoms with Crippen LogP contribution in [-0.2, 0) is 0 Å². The molecule has 3 N–H and O–H groups in total. The molecule has 2 rings (SSSR count). The number of rotatable bonds is 1. The molecule has 0 saturated carbocycles. The average molecular weight is 236 g/mol. The third kappa shape index (κ3) is 2.19. The van der Waals surface area contributed by atoms with Crippen molar-refractivity contribution in [3.63, 3.8) is 0 Å². The summed E-state index contributed by atoms with van der Waals surface area (Å²) < 4.78 is 0. The van der Waals surface area contributed by atoms with Crippen molar-refractivity contribution in [2.24, 2.45) is 0 Å².